The van der Waals surface area contributed by atoms with Crippen molar-refractivity contribution in [1.29, 1.82) is 0 Å². The number of hydrogen-bond acceptors (Lipinski definition) is 4. The summed E-state index contributed by atoms with van der Waals surface area (Å²) in [6.07, 6.45) is -0.537. The molecule has 4 N–H and O–H groups in total. The summed E-state index contributed by atoms with van der Waals surface area (Å²) in [7, 11) is 2.00. The molecule has 0 saturated heterocycles. The fourth-order valence-electron chi connectivity index (χ4n) is 10.6. The summed E-state index contributed by atoms with van der Waals surface area (Å²) in [4.78, 5) is 0. The van der Waals surface area contributed by atoms with Crippen LogP contribution >= 0.6 is 0 Å². The maximum absolute atomic E-state index is 7.24. The number of fused-ring (bicyclic) bond motifs is 11. The molecule has 302 valence electrons. The smallest absolute Gasteiger partial charge is 0.132 e. The van der Waals surface area contributed by atoms with Crippen molar-refractivity contribution >= 4 is 21.8 Å². The summed E-state index contributed by atoms with van der Waals surface area (Å²) in [5.74, 6) is 1.63. The second-order valence-electron chi connectivity index (χ2n) is 16.7. The summed E-state index contributed by atoms with van der Waals surface area (Å²) >= 11 is 0. The molecule has 2 aliphatic heterocycles. The third kappa shape index (κ3) is 5.54. The summed E-state index contributed by atoms with van der Waals surface area (Å²) in [6, 6.07) is 78.1. The van der Waals surface area contributed by atoms with Crippen LogP contribution in [0.4, 0.5) is 0 Å². The van der Waals surface area contributed by atoms with Gasteiger partial charge in [-0.3, -0.25) is 10.6 Å². The van der Waals surface area contributed by atoms with Crippen molar-refractivity contribution in [3.05, 3.63) is 257 Å². The van der Waals surface area contributed by atoms with Crippen molar-refractivity contribution in [2.75, 3.05) is 7.05 Å². The van der Waals surface area contributed by atoms with Crippen molar-refractivity contribution in [2.24, 2.45) is 5.73 Å². The molecule has 0 saturated carbocycles. The van der Waals surface area contributed by atoms with E-state index in [1.54, 1.807) is 0 Å². The predicted octanol–water partition coefficient (Wildman–Crippen LogP) is 12.6. The number of nitrogens with zero attached hydrogens (tertiary/aromatic N) is 1. The Morgan fingerprint density at radius 1 is 0.492 bits per heavy atom. The van der Waals surface area contributed by atoms with Crippen LogP contribution in [0.2, 0.25) is 0 Å². The van der Waals surface area contributed by atoms with Gasteiger partial charge in [-0.05, 0) is 81.4 Å². The Morgan fingerprint density at radius 3 is 1.78 bits per heavy atom. The third-order valence-electron chi connectivity index (χ3n) is 13.5. The lowest BCUT2D eigenvalue weighted by atomic mass is 9.61. The highest BCUT2D eigenvalue weighted by Gasteiger charge is 2.50. The maximum atomic E-state index is 7.24. The molecular weight excluding hydrogens is 769 g/mol. The minimum atomic E-state index is -0.938. The highest BCUT2D eigenvalue weighted by molar-refractivity contribution is 6.12. The minimum absolute atomic E-state index is 0.537. The maximum Gasteiger partial charge on any atom is 0.132 e. The van der Waals surface area contributed by atoms with Gasteiger partial charge in [0, 0.05) is 21.9 Å². The average molecular weight is 813 g/mol. The van der Waals surface area contributed by atoms with Crippen molar-refractivity contribution in [2.45, 2.75) is 17.2 Å². The summed E-state index contributed by atoms with van der Waals surface area (Å²) < 4.78 is 9.57. The van der Waals surface area contributed by atoms with Crippen LogP contribution < -0.4 is 21.1 Å². The van der Waals surface area contributed by atoms with E-state index < -0.39 is 17.2 Å². The molecule has 63 heavy (non-hydrogen) atoms. The number of nitrogens with two attached hydrogens (primary N) is 1. The van der Waals surface area contributed by atoms with E-state index in [0.29, 0.717) is 0 Å². The van der Waals surface area contributed by atoms with E-state index in [4.69, 9.17) is 10.5 Å². The number of ether oxygens (including phenoxy) is 1. The Hall–Kier alpha value is -7.54. The number of nitrogens with one attached hydrogen (secondary N) is 2. The number of aromatic nitrogens is 1. The van der Waals surface area contributed by atoms with Crippen LogP contribution in [0.1, 0.15) is 45.1 Å². The molecule has 0 aliphatic carbocycles. The van der Waals surface area contributed by atoms with E-state index >= 15 is 0 Å². The van der Waals surface area contributed by atoms with Gasteiger partial charge in [-0.15, -0.1) is 0 Å². The predicted molar refractivity (Wildman–Crippen MR) is 256 cm³/mol. The first kappa shape index (κ1) is 37.2. The topological polar surface area (TPSA) is 64.2 Å². The van der Waals surface area contributed by atoms with Crippen LogP contribution in [-0.2, 0) is 11.1 Å². The van der Waals surface area contributed by atoms with Gasteiger partial charge in [0.15, 0.2) is 0 Å². The molecule has 12 rings (SSSR count). The molecule has 5 heteroatoms. The number of rotatable bonds is 8. The largest absolute Gasteiger partial charge is 0.457 e. The lowest BCUT2D eigenvalue weighted by molar-refractivity contribution is 0.300. The summed E-state index contributed by atoms with van der Waals surface area (Å²) in [5.41, 5.74) is 21.5. The molecule has 9 aromatic carbocycles. The number of para-hydroxylation sites is 4. The lowest BCUT2D eigenvalue weighted by Gasteiger charge is -2.45. The molecule has 10 aromatic rings. The first-order valence-electron chi connectivity index (χ1n) is 21.7. The van der Waals surface area contributed by atoms with Crippen molar-refractivity contribution in [3.8, 4) is 39.4 Å². The first-order valence-corrected chi connectivity index (χ1v) is 21.7. The Labute approximate surface area is 367 Å². The monoisotopic (exact) mass is 812 g/mol. The average Bonchev–Trinajstić information content (AvgIpc) is 3.70. The van der Waals surface area contributed by atoms with Crippen molar-refractivity contribution in [1.82, 2.24) is 15.2 Å². The van der Waals surface area contributed by atoms with Gasteiger partial charge in [0.1, 0.15) is 17.2 Å². The third-order valence-corrected chi connectivity index (χ3v) is 13.5. The zero-order valence-corrected chi connectivity index (χ0v) is 34.8. The Kier molecular flexibility index (Phi) is 8.60. The molecule has 0 amide bonds. The molecule has 0 radical (unpaired) electrons. The van der Waals surface area contributed by atoms with E-state index in [0.717, 1.165) is 56.0 Å². The first-order chi connectivity index (χ1) is 31.1. The van der Waals surface area contributed by atoms with E-state index in [-0.39, 0.29) is 0 Å². The molecule has 1 spiro atoms. The number of benzene rings is 9. The molecule has 3 atom stereocenters. The highest BCUT2D eigenvalue weighted by atomic mass is 16.5. The van der Waals surface area contributed by atoms with Crippen LogP contribution in [0.5, 0.6) is 11.5 Å². The van der Waals surface area contributed by atoms with Crippen LogP contribution in [0.25, 0.3) is 49.7 Å². The molecule has 5 nitrogen and oxygen atoms in total. The van der Waals surface area contributed by atoms with Gasteiger partial charge in [-0.2, -0.15) is 0 Å². The van der Waals surface area contributed by atoms with Crippen molar-refractivity contribution < 1.29 is 4.74 Å². The quantitative estimate of drug-likeness (QED) is 0.134. The molecule has 3 unspecified atom stereocenters. The van der Waals surface area contributed by atoms with E-state index in [1.807, 2.05) is 19.2 Å². The van der Waals surface area contributed by atoms with Gasteiger partial charge in [-0.25, -0.2) is 0 Å². The second-order valence-corrected chi connectivity index (χ2v) is 16.7. The molecule has 0 fully saturated rings. The zero-order chi connectivity index (χ0) is 42.1. The summed E-state index contributed by atoms with van der Waals surface area (Å²) in [5, 5.41) is 10.1. The van der Waals surface area contributed by atoms with E-state index in [2.05, 4.69) is 221 Å². The SMILES string of the molecule is CNC(NC(N)c1ccc(-c2ccccc2)cc1)(c1ccc(-c2ccccc2)cc1)c1ccc2c(c1)Oc1ccccc1C21c2ccccc2-n2c3ccccc3c3cccc1c32. The van der Waals surface area contributed by atoms with Crippen LogP contribution in [0, 0.1) is 0 Å². The highest BCUT2D eigenvalue weighted by Crippen LogP contribution is 2.60. The minimum Gasteiger partial charge on any atom is -0.457 e. The van der Waals surface area contributed by atoms with Crippen LogP contribution in [0.15, 0.2) is 218 Å². The molecule has 1 aromatic heterocycles. The van der Waals surface area contributed by atoms with Crippen LogP contribution in [-0.4, -0.2) is 11.6 Å². The van der Waals surface area contributed by atoms with E-state index in [1.165, 1.54) is 44.2 Å². The molecular formula is C58H44N4O. The standard InChI is InChI=1S/C58H44N4O/c1-60-58(43-33-31-41(32-34-43)39-17-6-3-7-18-39,61-56(59)42-29-27-40(28-30-42)38-15-4-2-5-16-38)44-35-36-49-54(37-44)63-53-26-13-10-22-48(53)57(49)47-21-9-12-25-52(47)62-51-24-11-8-19-45(51)46-20-14-23-50(57)55(46)62/h2-37,56,60-61H,59H2,1H3. The van der Waals surface area contributed by atoms with Gasteiger partial charge < -0.3 is 15.0 Å². The Morgan fingerprint density at radius 2 is 1.05 bits per heavy atom. The lowest BCUT2D eigenvalue weighted by Crippen LogP contribution is -2.56. The van der Waals surface area contributed by atoms with E-state index in [9.17, 15) is 0 Å². The Balaban J connectivity index is 1.06. The number of hydrogen-bond donors (Lipinski definition) is 3. The molecule has 2 aliphatic rings. The second kappa shape index (κ2) is 14.5. The molecule has 0 bridgehead atoms. The fraction of sp³-hybridized carbons (Fsp3) is 0.0690. The van der Waals surface area contributed by atoms with Gasteiger partial charge >= 0.3 is 0 Å². The fourth-order valence-corrected chi connectivity index (χ4v) is 10.6. The zero-order valence-electron chi connectivity index (χ0n) is 34.8. The van der Waals surface area contributed by atoms with Crippen LogP contribution in [0.3, 0.4) is 0 Å². The van der Waals surface area contributed by atoms with Gasteiger partial charge in [-0.1, -0.05) is 194 Å². The normalized spacial score (nSPS) is 16.2. The van der Waals surface area contributed by atoms with Gasteiger partial charge in [0.25, 0.3) is 0 Å². The van der Waals surface area contributed by atoms with Gasteiger partial charge in [0.05, 0.1) is 28.3 Å². The van der Waals surface area contributed by atoms with Gasteiger partial charge in [0.2, 0.25) is 0 Å². The molecule has 3 heterocycles. The van der Waals surface area contributed by atoms with Crippen molar-refractivity contribution in [3.63, 3.8) is 0 Å². The Bertz CT molecular complexity index is 3340. The summed E-state index contributed by atoms with van der Waals surface area (Å²) in [6.45, 7) is 0.